The van der Waals surface area contributed by atoms with E-state index in [2.05, 4.69) is 26.7 Å². The smallest absolute Gasteiger partial charge is 0.244 e. The molecule has 6 nitrogen and oxygen atoms in total. The highest BCUT2D eigenvalue weighted by molar-refractivity contribution is 7.80. The Morgan fingerprint density at radius 3 is 2.59 bits per heavy atom. The number of pyridine rings is 1. The highest BCUT2D eigenvalue weighted by Crippen LogP contribution is 2.39. The lowest BCUT2D eigenvalue weighted by molar-refractivity contribution is -0.116. The number of amides is 1. The number of anilines is 1. The molecule has 0 spiro atoms. The number of para-hydroxylation sites is 1. The van der Waals surface area contributed by atoms with E-state index in [1.54, 1.807) is 6.20 Å². The molecule has 2 aromatic heterocycles. The lowest BCUT2D eigenvalue weighted by atomic mass is 9.97. The topological polar surface area (TPSA) is 73.1 Å². The van der Waals surface area contributed by atoms with E-state index in [4.69, 9.17) is 12.2 Å². The summed E-state index contributed by atoms with van der Waals surface area (Å²) in [5, 5.41) is 6.87. The summed E-state index contributed by atoms with van der Waals surface area (Å²) in [6.07, 6.45) is 1.77. The largest absolute Gasteiger partial charge is 0.362 e. The van der Waals surface area contributed by atoms with Gasteiger partial charge in [-0.25, -0.2) is 0 Å². The van der Waals surface area contributed by atoms with Crippen molar-refractivity contribution in [3.8, 4) is 0 Å². The Labute approximate surface area is 175 Å². The van der Waals surface area contributed by atoms with Gasteiger partial charge in [0.05, 0.1) is 17.8 Å². The van der Waals surface area contributed by atoms with E-state index in [1.807, 2.05) is 67.3 Å². The van der Waals surface area contributed by atoms with Gasteiger partial charge in [-0.2, -0.15) is 0 Å². The van der Waals surface area contributed by atoms with E-state index in [9.17, 15) is 4.79 Å². The van der Waals surface area contributed by atoms with Crippen molar-refractivity contribution < 1.29 is 4.79 Å². The predicted molar refractivity (Wildman–Crippen MR) is 117 cm³/mol. The fraction of sp³-hybridized carbons (Fsp3) is 0.227. The second kappa shape index (κ2) is 8.05. The summed E-state index contributed by atoms with van der Waals surface area (Å²) in [6.45, 7) is 4.22. The summed E-state index contributed by atoms with van der Waals surface area (Å²) in [6, 6.07) is 17.1. The second-order valence-corrected chi connectivity index (χ2v) is 7.59. The molecule has 2 atom stereocenters. The molecule has 1 aliphatic heterocycles. The van der Waals surface area contributed by atoms with Gasteiger partial charge in [-0.15, -0.1) is 0 Å². The SMILES string of the molecule is Cc1cc([C@@H]2[C@H](c3ccccn3)NC(=S)N2CC(=O)Nc2ccccc2)c(C)[nH]1. The van der Waals surface area contributed by atoms with Gasteiger partial charge >= 0.3 is 0 Å². The number of benzene rings is 1. The van der Waals surface area contributed by atoms with Crippen LogP contribution in [-0.4, -0.2) is 32.4 Å². The van der Waals surface area contributed by atoms with E-state index in [0.717, 1.165) is 28.3 Å². The standard InChI is InChI=1S/C22H23N5OS/c1-14-12-17(15(2)24-14)21-20(18-10-6-7-11-23-18)26-22(29)27(21)13-19(28)25-16-8-4-3-5-9-16/h3-12,20-21,24H,13H2,1-2H3,(H,25,28)(H,26,29)/t20-,21+/m0/s1. The van der Waals surface area contributed by atoms with Gasteiger partial charge in [0.25, 0.3) is 0 Å². The summed E-state index contributed by atoms with van der Waals surface area (Å²) in [5.41, 5.74) is 4.90. The highest BCUT2D eigenvalue weighted by Gasteiger charge is 2.41. The number of hydrogen-bond acceptors (Lipinski definition) is 3. The molecule has 0 bridgehead atoms. The average Bonchev–Trinajstić information content (AvgIpc) is 3.21. The third-order valence-corrected chi connectivity index (χ3v) is 5.43. The highest BCUT2D eigenvalue weighted by atomic mass is 32.1. The van der Waals surface area contributed by atoms with Crippen molar-refractivity contribution in [1.29, 1.82) is 0 Å². The number of rotatable bonds is 5. The summed E-state index contributed by atoms with van der Waals surface area (Å²) in [7, 11) is 0. The first-order valence-electron chi connectivity index (χ1n) is 9.52. The maximum atomic E-state index is 12.8. The van der Waals surface area contributed by atoms with Gasteiger partial charge in [0.15, 0.2) is 5.11 Å². The Bertz CT molecular complexity index is 1020. The maximum Gasteiger partial charge on any atom is 0.244 e. The van der Waals surface area contributed by atoms with Gasteiger partial charge in [0.1, 0.15) is 6.54 Å². The number of nitrogens with zero attached hydrogens (tertiary/aromatic N) is 2. The van der Waals surface area contributed by atoms with Crippen molar-refractivity contribution in [2.24, 2.45) is 0 Å². The van der Waals surface area contributed by atoms with Crippen molar-refractivity contribution in [1.82, 2.24) is 20.2 Å². The number of carbonyl (C=O) groups excluding carboxylic acids is 1. The van der Waals surface area contributed by atoms with Crippen LogP contribution in [0.4, 0.5) is 5.69 Å². The third-order valence-electron chi connectivity index (χ3n) is 5.08. The van der Waals surface area contributed by atoms with Crippen LogP contribution in [0.3, 0.4) is 0 Å². The lowest BCUT2D eigenvalue weighted by Crippen LogP contribution is -2.37. The van der Waals surface area contributed by atoms with Crippen LogP contribution in [-0.2, 0) is 4.79 Å². The van der Waals surface area contributed by atoms with Crippen molar-refractivity contribution in [2.75, 3.05) is 11.9 Å². The number of nitrogens with one attached hydrogen (secondary N) is 3. The molecule has 3 aromatic rings. The molecule has 0 aliphatic carbocycles. The quantitative estimate of drug-likeness (QED) is 0.565. The molecule has 1 amide bonds. The van der Waals surface area contributed by atoms with E-state index in [1.165, 1.54) is 0 Å². The average molecular weight is 406 g/mol. The molecule has 1 saturated heterocycles. The lowest BCUT2D eigenvalue weighted by Gasteiger charge is -2.27. The Morgan fingerprint density at radius 1 is 1.17 bits per heavy atom. The van der Waals surface area contributed by atoms with Crippen molar-refractivity contribution in [2.45, 2.75) is 25.9 Å². The minimum atomic E-state index is -0.137. The molecule has 4 rings (SSSR count). The third kappa shape index (κ3) is 4.00. The normalized spacial score (nSPS) is 18.6. The van der Waals surface area contributed by atoms with Crippen LogP contribution in [0.1, 0.15) is 34.7 Å². The molecular formula is C22H23N5OS. The fourth-order valence-electron chi connectivity index (χ4n) is 3.84. The zero-order valence-corrected chi connectivity index (χ0v) is 17.2. The molecule has 1 aromatic carbocycles. The van der Waals surface area contributed by atoms with Crippen LogP contribution in [0.5, 0.6) is 0 Å². The van der Waals surface area contributed by atoms with Crippen LogP contribution in [0.25, 0.3) is 0 Å². The first-order valence-corrected chi connectivity index (χ1v) is 9.93. The molecule has 1 aliphatic rings. The number of aromatic nitrogens is 2. The van der Waals surface area contributed by atoms with E-state index in [0.29, 0.717) is 5.11 Å². The van der Waals surface area contributed by atoms with E-state index in [-0.39, 0.29) is 24.5 Å². The monoisotopic (exact) mass is 405 g/mol. The van der Waals surface area contributed by atoms with E-state index < -0.39 is 0 Å². The van der Waals surface area contributed by atoms with Crippen LogP contribution in [0, 0.1) is 13.8 Å². The number of H-pyrrole nitrogens is 1. The van der Waals surface area contributed by atoms with Crippen LogP contribution in [0.15, 0.2) is 60.8 Å². The van der Waals surface area contributed by atoms with Crippen molar-refractivity contribution >= 4 is 28.9 Å². The van der Waals surface area contributed by atoms with Gasteiger partial charge in [0, 0.05) is 23.3 Å². The minimum Gasteiger partial charge on any atom is -0.362 e. The molecule has 0 saturated carbocycles. The first kappa shape index (κ1) is 19.1. The zero-order valence-electron chi connectivity index (χ0n) is 16.3. The van der Waals surface area contributed by atoms with Crippen LogP contribution in [0.2, 0.25) is 0 Å². The van der Waals surface area contributed by atoms with Gasteiger partial charge in [-0.05, 0) is 62.0 Å². The summed E-state index contributed by atoms with van der Waals surface area (Å²) >= 11 is 5.62. The Balaban J connectivity index is 1.64. The van der Waals surface area contributed by atoms with E-state index >= 15 is 0 Å². The molecular weight excluding hydrogens is 382 g/mol. The summed E-state index contributed by atoms with van der Waals surface area (Å²) in [4.78, 5) is 22.6. The number of thiocarbonyl (C=S) groups is 1. The molecule has 29 heavy (non-hydrogen) atoms. The van der Waals surface area contributed by atoms with Crippen molar-refractivity contribution in [3.05, 3.63) is 83.4 Å². The Hall–Kier alpha value is -3.19. The molecule has 7 heteroatoms. The second-order valence-electron chi connectivity index (χ2n) is 7.20. The molecule has 1 fully saturated rings. The van der Waals surface area contributed by atoms with Crippen molar-refractivity contribution in [3.63, 3.8) is 0 Å². The molecule has 0 radical (unpaired) electrons. The number of aryl methyl sites for hydroxylation is 2. The Morgan fingerprint density at radius 2 is 1.93 bits per heavy atom. The van der Waals surface area contributed by atoms with Gasteiger partial charge < -0.3 is 20.5 Å². The number of hydrogen-bond donors (Lipinski definition) is 3. The molecule has 148 valence electrons. The predicted octanol–water partition coefficient (Wildman–Crippen LogP) is 3.64. The molecule has 3 heterocycles. The number of carbonyl (C=O) groups is 1. The summed E-state index contributed by atoms with van der Waals surface area (Å²) < 4.78 is 0. The van der Waals surface area contributed by atoms with Gasteiger partial charge in [-0.1, -0.05) is 24.3 Å². The number of aromatic amines is 1. The summed E-state index contributed by atoms with van der Waals surface area (Å²) in [5.74, 6) is -0.114. The molecule has 0 unspecified atom stereocenters. The minimum absolute atomic E-state index is 0.114. The maximum absolute atomic E-state index is 12.8. The molecule has 3 N–H and O–H groups in total. The van der Waals surface area contributed by atoms with Crippen LogP contribution < -0.4 is 10.6 Å². The van der Waals surface area contributed by atoms with Crippen LogP contribution >= 0.6 is 12.2 Å². The fourth-order valence-corrected chi connectivity index (χ4v) is 4.15. The Kier molecular flexibility index (Phi) is 5.31. The van der Waals surface area contributed by atoms with Gasteiger partial charge in [0.2, 0.25) is 5.91 Å². The first-order chi connectivity index (χ1) is 14.0. The van der Waals surface area contributed by atoms with Gasteiger partial charge in [-0.3, -0.25) is 9.78 Å². The zero-order chi connectivity index (χ0) is 20.4.